The molecule has 0 aliphatic heterocycles. The molecule has 0 bridgehead atoms. The summed E-state index contributed by atoms with van der Waals surface area (Å²) in [6, 6.07) is 0. The summed E-state index contributed by atoms with van der Waals surface area (Å²) in [6.45, 7) is 4.05. The Balaban J connectivity index is 1.79. The highest BCUT2D eigenvalue weighted by atomic mass is 127. The van der Waals surface area contributed by atoms with E-state index in [9.17, 15) is 13.2 Å². The lowest BCUT2D eigenvalue weighted by Gasteiger charge is -2.37. The number of alkyl halides is 4. The molecule has 0 nitrogen and oxygen atoms in total. The summed E-state index contributed by atoms with van der Waals surface area (Å²) in [5, 5.41) is 0. The van der Waals surface area contributed by atoms with Crippen molar-refractivity contribution in [2.45, 2.75) is 81.7 Å². The highest BCUT2D eigenvalue weighted by Gasteiger charge is 2.45. The maximum atomic E-state index is 13.1. The minimum atomic E-state index is -4.00. The monoisotopic (exact) mass is 430 g/mol. The molecule has 0 radical (unpaired) electrons. The summed E-state index contributed by atoms with van der Waals surface area (Å²) in [6.07, 6.45) is 5.51. The molecule has 0 aromatic carbocycles. The highest BCUT2D eigenvalue weighted by Crippen LogP contribution is 2.46. The van der Waals surface area contributed by atoms with Gasteiger partial charge < -0.3 is 0 Å². The zero-order chi connectivity index (χ0) is 16.3. The molecule has 0 spiro atoms. The zero-order valence-corrected chi connectivity index (χ0v) is 16.0. The van der Waals surface area contributed by atoms with Gasteiger partial charge in [0, 0.05) is 3.92 Å². The van der Waals surface area contributed by atoms with Crippen LogP contribution < -0.4 is 0 Å². The lowest BCUT2D eigenvalue weighted by Crippen LogP contribution is -2.35. The molecule has 0 aromatic rings. The first-order valence-corrected chi connectivity index (χ1v) is 10.3. The molecule has 6 atom stereocenters. The van der Waals surface area contributed by atoms with Crippen LogP contribution in [0.1, 0.15) is 71.6 Å². The minimum absolute atomic E-state index is 0.187. The Labute approximate surface area is 147 Å². The second-order valence-corrected chi connectivity index (χ2v) is 9.35. The van der Waals surface area contributed by atoms with Gasteiger partial charge in [-0.05, 0) is 55.8 Å². The van der Waals surface area contributed by atoms with Crippen molar-refractivity contribution in [2.75, 3.05) is 0 Å². The first-order chi connectivity index (χ1) is 10.3. The third-order valence-electron chi connectivity index (χ3n) is 6.26. The second kappa shape index (κ2) is 8.06. The Morgan fingerprint density at radius 3 is 2.23 bits per heavy atom. The van der Waals surface area contributed by atoms with Crippen LogP contribution >= 0.6 is 22.6 Å². The van der Waals surface area contributed by atoms with E-state index in [1.807, 2.05) is 0 Å². The molecule has 0 N–H and O–H groups in total. The molecule has 0 saturated heterocycles. The van der Waals surface area contributed by atoms with Crippen LogP contribution in [0.25, 0.3) is 0 Å². The topological polar surface area (TPSA) is 0 Å². The number of halogens is 4. The fourth-order valence-corrected chi connectivity index (χ4v) is 5.97. The summed E-state index contributed by atoms with van der Waals surface area (Å²) < 4.78 is 40.0. The summed E-state index contributed by atoms with van der Waals surface area (Å²) in [7, 11) is 0. The lowest BCUT2D eigenvalue weighted by molar-refractivity contribution is -0.199. The number of hydrogen-bond acceptors (Lipinski definition) is 0. The molecule has 0 heterocycles. The maximum absolute atomic E-state index is 13.1. The van der Waals surface area contributed by atoms with E-state index < -0.39 is 12.1 Å². The van der Waals surface area contributed by atoms with Crippen LogP contribution in [0.2, 0.25) is 0 Å². The molecule has 22 heavy (non-hydrogen) atoms. The van der Waals surface area contributed by atoms with Crippen LogP contribution in [-0.4, -0.2) is 10.1 Å². The van der Waals surface area contributed by atoms with Crippen LogP contribution in [-0.2, 0) is 0 Å². The number of hydrogen-bond donors (Lipinski definition) is 0. The van der Waals surface area contributed by atoms with Crippen molar-refractivity contribution in [3.05, 3.63) is 0 Å². The molecule has 2 rings (SSSR count). The second-order valence-electron chi connectivity index (χ2n) is 7.75. The molecule has 0 aromatic heterocycles. The van der Waals surface area contributed by atoms with Crippen molar-refractivity contribution in [1.82, 2.24) is 0 Å². The van der Waals surface area contributed by atoms with Gasteiger partial charge in [-0.25, -0.2) is 0 Å². The molecule has 6 unspecified atom stereocenters. The van der Waals surface area contributed by atoms with Crippen molar-refractivity contribution >= 4 is 22.6 Å². The fourth-order valence-electron chi connectivity index (χ4n) is 4.53. The van der Waals surface area contributed by atoms with Gasteiger partial charge in [0.25, 0.3) is 0 Å². The smallest absolute Gasteiger partial charge is 0.171 e. The average molecular weight is 430 g/mol. The van der Waals surface area contributed by atoms with Crippen molar-refractivity contribution < 1.29 is 13.2 Å². The summed E-state index contributed by atoms with van der Waals surface area (Å²) in [5.74, 6) is 0.678. The molecule has 2 saturated carbocycles. The van der Waals surface area contributed by atoms with Crippen LogP contribution in [0.15, 0.2) is 0 Å². The van der Waals surface area contributed by atoms with E-state index in [0.29, 0.717) is 12.3 Å². The molecule has 2 fully saturated rings. The highest BCUT2D eigenvalue weighted by molar-refractivity contribution is 14.1. The molecule has 130 valence electrons. The Kier molecular flexibility index (Phi) is 6.91. The van der Waals surface area contributed by atoms with Gasteiger partial charge in [0.05, 0.1) is 5.92 Å². The third kappa shape index (κ3) is 5.01. The zero-order valence-electron chi connectivity index (χ0n) is 13.8. The van der Waals surface area contributed by atoms with Crippen LogP contribution in [0.4, 0.5) is 13.2 Å². The summed E-state index contributed by atoms with van der Waals surface area (Å²) in [4.78, 5) is 0. The first-order valence-electron chi connectivity index (χ1n) is 9.02. The standard InChI is InChI=1S/C18H30F3I/c1-3-13-6-8-15(17(22)11-13)9-7-14-5-4-12(2)16(10-14)18(19,20)21/h12-17H,3-11H2,1-2H3. The largest absolute Gasteiger partial charge is 0.392 e. The van der Waals surface area contributed by atoms with Gasteiger partial charge >= 0.3 is 6.18 Å². The normalized spacial score (nSPS) is 40.6. The molecule has 2 aliphatic rings. The van der Waals surface area contributed by atoms with Gasteiger partial charge in [-0.2, -0.15) is 13.2 Å². The predicted octanol–water partition coefficient (Wildman–Crippen LogP) is 7.01. The van der Waals surface area contributed by atoms with Crippen LogP contribution in [0, 0.1) is 29.6 Å². The van der Waals surface area contributed by atoms with Gasteiger partial charge in [-0.3, -0.25) is 0 Å². The van der Waals surface area contributed by atoms with E-state index in [1.54, 1.807) is 6.92 Å². The SMILES string of the molecule is CCC1CCC(CCC2CCC(C)C(C(F)(F)F)C2)C(I)C1. The van der Waals surface area contributed by atoms with Crippen molar-refractivity contribution in [2.24, 2.45) is 29.6 Å². The van der Waals surface area contributed by atoms with Gasteiger partial charge in [0.1, 0.15) is 0 Å². The quantitative estimate of drug-likeness (QED) is 0.332. The van der Waals surface area contributed by atoms with E-state index in [4.69, 9.17) is 0 Å². The first kappa shape index (κ1) is 18.9. The molecule has 0 amide bonds. The van der Waals surface area contributed by atoms with Gasteiger partial charge in [-0.15, -0.1) is 0 Å². The molecule has 2 aliphatic carbocycles. The Bertz CT molecular complexity index is 342. The minimum Gasteiger partial charge on any atom is -0.171 e. The molecular formula is C18H30F3I. The van der Waals surface area contributed by atoms with E-state index in [0.717, 1.165) is 41.4 Å². The summed E-state index contributed by atoms with van der Waals surface area (Å²) in [5.41, 5.74) is 0. The number of rotatable bonds is 4. The van der Waals surface area contributed by atoms with Crippen molar-refractivity contribution in [3.63, 3.8) is 0 Å². The lowest BCUT2D eigenvalue weighted by atomic mass is 9.71. The van der Waals surface area contributed by atoms with Crippen molar-refractivity contribution in [3.8, 4) is 0 Å². The van der Waals surface area contributed by atoms with E-state index in [-0.39, 0.29) is 5.92 Å². The summed E-state index contributed by atoms with van der Waals surface area (Å²) >= 11 is 2.59. The molecule has 4 heteroatoms. The van der Waals surface area contributed by atoms with Gasteiger partial charge in [-0.1, -0.05) is 62.1 Å². The Morgan fingerprint density at radius 2 is 1.64 bits per heavy atom. The maximum Gasteiger partial charge on any atom is 0.392 e. The average Bonchev–Trinajstić information content (AvgIpc) is 2.46. The van der Waals surface area contributed by atoms with E-state index in [2.05, 4.69) is 29.5 Å². The van der Waals surface area contributed by atoms with Crippen LogP contribution in [0.3, 0.4) is 0 Å². The van der Waals surface area contributed by atoms with Gasteiger partial charge in [0.15, 0.2) is 0 Å². The van der Waals surface area contributed by atoms with Crippen LogP contribution in [0.5, 0.6) is 0 Å². The van der Waals surface area contributed by atoms with Crippen molar-refractivity contribution in [1.29, 1.82) is 0 Å². The van der Waals surface area contributed by atoms with E-state index >= 15 is 0 Å². The molecular weight excluding hydrogens is 400 g/mol. The predicted molar refractivity (Wildman–Crippen MR) is 94.2 cm³/mol. The Hall–Kier alpha value is 0.520. The van der Waals surface area contributed by atoms with E-state index in [1.165, 1.54) is 25.7 Å². The fraction of sp³-hybridized carbons (Fsp3) is 1.00. The third-order valence-corrected chi connectivity index (χ3v) is 7.79. The Morgan fingerprint density at radius 1 is 0.955 bits per heavy atom. The van der Waals surface area contributed by atoms with Gasteiger partial charge in [0.2, 0.25) is 0 Å².